The number of esters is 1. The van der Waals surface area contributed by atoms with Crippen LogP contribution >= 0.6 is 0 Å². The molecule has 1 amide bonds. The van der Waals surface area contributed by atoms with E-state index >= 15 is 0 Å². The molecule has 0 rings (SSSR count). The van der Waals surface area contributed by atoms with Crippen LogP contribution in [-0.4, -0.2) is 36.5 Å². The first-order valence-corrected chi connectivity index (χ1v) is 8.11. The highest BCUT2D eigenvalue weighted by Gasteiger charge is 2.24. The van der Waals surface area contributed by atoms with Gasteiger partial charge in [0.1, 0.15) is 0 Å². The molecular formula is C17H33NO3. The third-order valence-corrected chi connectivity index (χ3v) is 4.38. The Bertz CT molecular complexity index is 324. The van der Waals surface area contributed by atoms with Crippen molar-refractivity contribution in [2.45, 2.75) is 67.2 Å². The van der Waals surface area contributed by atoms with Crippen molar-refractivity contribution >= 4 is 11.9 Å². The fourth-order valence-corrected chi connectivity index (χ4v) is 1.77. The van der Waals surface area contributed by atoms with Gasteiger partial charge in [-0.05, 0) is 24.2 Å². The lowest BCUT2D eigenvalue weighted by molar-refractivity contribution is -0.144. The van der Waals surface area contributed by atoms with Crippen LogP contribution in [0.1, 0.15) is 67.2 Å². The van der Waals surface area contributed by atoms with Crippen LogP contribution in [-0.2, 0) is 14.3 Å². The Labute approximate surface area is 130 Å². The summed E-state index contributed by atoms with van der Waals surface area (Å²) in [7, 11) is 0. The molecule has 0 bridgehead atoms. The van der Waals surface area contributed by atoms with Crippen molar-refractivity contribution in [2.24, 2.45) is 11.3 Å². The van der Waals surface area contributed by atoms with Crippen LogP contribution in [0.15, 0.2) is 0 Å². The fourth-order valence-electron chi connectivity index (χ4n) is 1.77. The van der Waals surface area contributed by atoms with Gasteiger partial charge in [-0.25, -0.2) is 0 Å². The van der Waals surface area contributed by atoms with E-state index in [-0.39, 0.29) is 23.7 Å². The van der Waals surface area contributed by atoms with Gasteiger partial charge >= 0.3 is 5.97 Å². The molecule has 0 aromatic heterocycles. The fraction of sp³-hybridized carbons (Fsp3) is 0.882. The van der Waals surface area contributed by atoms with Crippen molar-refractivity contribution in [2.75, 3.05) is 19.7 Å². The molecule has 4 heteroatoms. The van der Waals surface area contributed by atoms with E-state index in [4.69, 9.17) is 4.74 Å². The maximum Gasteiger partial charge on any atom is 0.307 e. The topological polar surface area (TPSA) is 46.6 Å². The summed E-state index contributed by atoms with van der Waals surface area (Å²) in [5.41, 5.74) is 0.190. The summed E-state index contributed by atoms with van der Waals surface area (Å²) in [6.45, 7) is 14.1. The summed E-state index contributed by atoms with van der Waals surface area (Å²) in [5.74, 6) is 0.374. The molecule has 0 saturated carbocycles. The summed E-state index contributed by atoms with van der Waals surface area (Å²) in [5, 5.41) is 0. The molecule has 0 spiro atoms. The quantitative estimate of drug-likeness (QED) is 0.457. The van der Waals surface area contributed by atoms with Crippen molar-refractivity contribution in [3.8, 4) is 0 Å². The van der Waals surface area contributed by atoms with Crippen LogP contribution in [0.25, 0.3) is 0 Å². The van der Waals surface area contributed by atoms with Gasteiger partial charge in [-0.15, -0.1) is 0 Å². The Kier molecular flexibility index (Phi) is 9.31. The molecule has 0 unspecified atom stereocenters. The first kappa shape index (κ1) is 19.9. The number of carbonyl (C=O) groups excluding carboxylic acids is 2. The largest absolute Gasteiger partial charge is 0.466 e. The molecule has 124 valence electrons. The number of nitrogens with zero attached hydrogens (tertiary/aromatic N) is 1. The van der Waals surface area contributed by atoms with Gasteiger partial charge in [-0.1, -0.05) is 41.0 Å². The van der Waals surface area contributed by atoms with Crippen molar-refractivity contribution in [3.05, 3.63) is 0 Å². The first-order chi connectivity index (χ1) is 9.70. The lowest BCUT2D eigenvalue weighted by Gasteiger charge is -2.32. The summed E-state index contributed by atoms with van der Waals surface area (Å²) in [4.78, 5) is 25.0. The monoisotopic (exact) mass is 299 g/mol. The standard InChI is InChI=1S/C17H33NO3/c1-7-8-13-21-16(20)9-11-18(15(4)19)12-10-17(5,6)14(2)3/h14H,7-13H2,1-6H3. The highest BCUT2D eigenvalue weighted by molar-refractivity contribution is 5.75. The number of ether oxygens (including phenoxy) is 1. The number of amides is 1. The second kappa shape index (κ2) is 9.80. The van der Waals surface area contributed by atoms with Crippen LogP contribution in [0.4, 0.5) is 0 Å². The molecule has 0 aliphatic carbocycles. The Morgan fingerprint density at radius 1 is 1.19 bits per heavy atom. The maximum atomic E-state index is 11.7. The van der Waals surface area contributed by atoms with Gasteiger partial charge in [0, 0.05) is 20.0 Å². The van der Waals surface area contributed by atoms with Gasteiger partial charge in [0.2, 0.25) is 5.91 Å². The summed E-state index contributed by atoms with van der Waals surface area (Å²) < 4.78 is 5.12. The van der Waals surface area contributed by atoms with E-state index in [1.807, 2.05) is 0 Å². The smallest absolute Gasteiger partial charge is 0.307 e. The molecule has 0 fully saturated rings. The predicted molar refractivity (Wildman–Crippen MR) is 86.0 cm³/mol. The zero-order valence-electron chi connectivity index (χ0n) is 14.7. The van der Waals surface area contributed by atoms with Crippen molar-refractivity contribution < 1.29 is 14.3 Å². The molecule has 0 radical (unpaired) electrons. The van der Waals surface area contributed by atoms with Crippen molar-refractivity contribution in [1.82, 2.24) is 4.90 Å². The average Bonchev–Trinajstić information content (AvgIpc) is 2.38. The van der Waals surface area contributed by atoms with E-state index in [0.717, 1.165) is 19.3 Å². The van der Waals surface area contributed by atoms with Crippen molar-refractivity contribution in [3.63, 3.8) is 0 Å². The predicted octanol–water partition coefficient (Wildman–Crippen LogP) is 3.64. The Morgan fingerprint density at radius 3 is 2.29 bits per heavy atom. The van der Waals surface area contributed by atoms with Gasteiger partial charge in [-0.2, -0.15) is 0 Å². The molecule has 0 aliphatic heterocycles. The third kappa shape index (κ3) is 8.74. The zero-order chi connectivity index (χ0) is 16.5. The number of carbonyl (C=O) groups is 2. The molecule has 0 aliphatic rings. The second-order valence-corrected chi connectivity index (χ2v) is 6.72. The molecular weight excluding hydrogens is 266 g/mol. The molecule has 0 atom stereocenters. The van der Waals surface area contributed by atoms with Crippen LogP contribution in [0, 0.1) is 11.3 Å². The minimum atomic E-state index is -0.210. The van der Waals surface area contributed by atoms with Crippen molar-refractivity contribution in [1.29, 1.82) is 0 Å². The van der Waals surface area contributed by atoms with E-state index in [2.05, 4.69) is 34.6 Å². The maximum absolute atomic E-state index is 11.7. The molecule has 21 heavy (non-hydrogen) atoms. The molecule has 0 aromatic carbocycles. The Morgan fingerprint density at radius 2 is 1.81 bits per heavy atom. The van der Waals surface area contributed by atoms with E-state index in [1.165, 1.54) is 0 Å². The molecule has 0 N–H and O–H groups in total. The van der Waals surface area contributed by atoms with Gasteiger partial charge in [0.15, 0.2) is 0 Å². The third-order valence-electron chi connectivity index (χ3n) is 4.38. The van der Waals surface area contributed by atoms with Crippen LogP contribution in [0.3, 0.4) is 0 Å². The number of unbranched alkanes of at least 4 members (excludes halogenated alkanes) is 1. The van der Waals surface area contributed by atoms with Crippen LogP contribution in [0.2, 0.25) is 0 Å². The second-order valence-electron chi connectivity index (χ2n) is 6.72. The highest BCUT2D eigenvalue weighted by Crippen LogP contribution is 2.30. The van der Waals surface area contributed by atoms with Crippen LogP contribution < -0.4 is 0 Å². The summed E-state index contributed by atoms with van der Waals surface area (Å²) in [6, 6.07) is 0. The first-order valence-electron chi connectivity index (χ1n) is 8.11. The summed E-state index contributed by atoms with van der Waals surface area (Å²) in [6.07, 6.45) is 3.13. The zero-order valence-corrected chi connectivity index (χ0v) is 14.7. The molecule has 0 heterocycles. The van der Waals surface area contributed by atoms with E-state index < -0.39 is 0 Å². The van der Waals surface area contributed by atoms with E-state index in [9.17, 15) is 9.59 Å². The van der Waals surface area contributed by atoms with Gasteiger partial charge < -0.3 is 9.64 Å². The number of hydrogen-bond donors (Lipinski definition) is 0. The Balaban J connectivity index is 4.20. The molecule has 0 saturated heterocycles. The van der Waals surface area contributed by atoms with Gasteiger partial charge in [0.05, 0.1) is 13.0 Å². The van der Waals surface area contributed by atoms with Crippen LogP contribution in [0.5, 0.6) is 0 Å². The number of hydrogen-bond acceptors (Lipinski definition) is 3. The van der Waals surface area contributed by atoms with Gasteiger partial charge in [0.25, 0.3) is 0 Å². The number of rotatable bonds is 10. The lowest BCUT2D eigenvalue weighted by atomic mass is 9.78. The minimum Gasteiger partial charge on any atom is -0.466 e. The molecule has 4 nitrogen and oxygen atoms in total. The SMILES string of the molecule is CCCCOC(=O)CCN(CCC(C)(C)C(C)C)C(C)=O. The lowest BCUT2D eigenvalue weighted by Crippen LogP contribution is -2.35. The highest BCUT2D eigenvalue weighted by atomic mass is 16.5. The average molecular weight is 299 g/mol. The normalized spacial score (nSPS) is 11.6. The Hall–Kier alpha value is -1.06. The minimum absolute atomic E-state index is 0.0240. The van der Waals surface area contributed by atoms with Gasteiger partial charge in [-0.3, -0.25) is 9.59 Å². The summed E-state index contributed by atoms with van der Waals surface area (Å²) >= 11 is 0. The molecule has 0 aromatic rings. The van der Waals surface area contributed by atoms with E-state index in [1.54, 1.807) is 11.8 Å². The van der Waals surface area contributed by atoms with E-state index in [0.29, 0.717) is 25.6 Å².